The molecule has 0 aliphatic heterocycles. The lowest BCUT2D eigenvalue weighted by Crippen LogP contribution is -2.21. The first-order valence-electron chi connectivity index (χ1n) is 33.1. The van der Waals surface area contributed by atoms with Crippen LogP contribution in [0.3, 0.4) is 0 Å². The molecule has 0 unspecified atom stereocenters. The molecule has 0 amide bonds. The van der Waals surface area contributed by atoms with E-state index in [9.17, 15) is 0 Å². The molecule has 0 aliphatic rings. The molecule has 0 spiro atoms. The summed E-state index contributed by atoms with van der Waals surface area (Å²) in [5, 5.41) is 0. The fourth-order valence-electron chi connectivity index (χ4n) is 11.3. The van der Waals surface area contributed by atoms with Crippen LogP contribution >= 0.6 is 0 Å². The van der Waals surface area contributed by atoms with Gasteiger partial charge in [0.1, 0.15) is 0 Å². The second-order valence-corrected chi connectivity index (χ2v) is 38.9. The third-order valence-corrected chi connectivity index (χ3v) is 18.1. The van der Waals surface area contributed by atoms with E-state index in [4.69, 9.17) is 0 Å². The van der Waals surface area contributed by atoms with Gasteiger partial charge >= 0.3 is 0 Å². The Hall–Kier alpha value is -4.68. The molecule has 0 saturated heterocycles. The number of hydrogen-bond donors (Lipinski definition) is 0. The zero-order valence-electron chi connectivity index (χ0n) is 62.5. The maximum atomic E-state index is 2.51. The maximum absolute atomic E-state index is 2.51. The van der Waals surface area contributed by atoms with Crippen LogP contribution in [0.2, 0.25) is 0 Å². The van der Waals surface area contributed by atoms with Crippen molar-refractivity contribution >= 4 is 0 Å². The lowest BCUT2D eigenvalue weighted by molar-refractivity contribution is 0.561. The third kappa shape index (κ3) is 18.2. The van der Waals surface area contributed by atoms with Crippen LogP contribution in [0, 0.1) is 0 Å². The number of benzene rings is 6. The van der Waals surface area contributed by atoms with Gasteiger partial charge in [-0.3, -0.25) is 0 Å². The Labute approximate surface area is 532 Å². The standard InChI is InChI=1S/2C43H64/c2*1-38(2,3)31-19-28(20-32(25-31)39(4,5)6)37(29-21-33(40(7,8)9)26-34(22-29)41(10,11)12)30-23-35(42(13,14)15)27-36(24-30)43(16,17)18/h2*19-27,37H,1-18H3. The first-order chi connectivity index (χ1) is 38.2. The summed E-state index contributed by atoms with van der Waals surface area (Å²) in [6.45, 7) is 84.6. The highest BCUT2D eigenvalue weighted by Crippen LogP contribution is 2.46. The van der Waals surface area contributed by atoms with E-state index in [2.05, 4.69) is 358 Å². The quantitative estimate of drug-likeness (QED) is 0.146. The summed E-state index contributed by atoms with van der Waals surface area (Å²) < 4.78 is 0. The molecule has 0 heteroatoms. The van der Waals surface area contributed by atoms with Crippen molar-refractivity contribution in [1.82, 2.24) is 0 Å². The first-order valence-corrected chi connectivity index (χ1v) is 33.1. The SMILES string of the molecule is CC(C)(C)c1cc(C(c2cc(C(C)(C)C)cc(C(C)(C)C)c2)c2cc(C(C)(C)C)cc(C(C)(C)C)c2)cc(C(C)(C)C)c1.CC(C)(C)c1cc(C(c2cc(C(C)(C)C)cc(C(C)(C)C)c2)c2cc(C(C)(C)C)cc(C(C)(C)C)c2)cc(C(C)(C)C)c1. The molecule has 0 radical (unpaired) electrons. The lowest BCUT2D eigenvalue weighted by Gasteiger charge is -2.33. The summed E-state index contributed by atoms with van der Waals surface area (Å²) in [7, 11) is 0. The number of rotatable bonds is 6. The minimum absolute atomic E-state index is 0.0498. The van der Waals surface area contributed by atoms with Gasteiger partial charge in [-0.05, 0) is 165 Å². The van der Waals surface area contributed by atoms with Gasteiger partial charge in [0, 0.05) is 11.8 Å². The topological polar surface area (TPSA) is 0 Å². The Morgan fingerprint density at radius 1 is 0.128 bits per heavy atom. The van der Waals surface area contributed by atoms with Crippen LogP contribution in [0.4, 0.5) is 0 Å². The molecule has 0 bridgehead atoms. The monoisotopic (exact) mass is 1160 g/mol. The van der Waals surface area contributed by atoms with Crippen LogP contribution in [0.1, 0.15) is 361 Å². The van der Waals surface area contributed by atoms with Crippen molar-refractivity contribution in [3.05, 3.63) is 209 Å². The second kappa shape index (κ2) is 23.9. The van der Waals surface area contributed by atoms with E-state index in [1.54, 1.807) is 0 Å². The molecule has 6 aromatic carbocycles. The van der Waals surface area contributed by atoms with Crippen molar-refractivity contribution in [3.8, 4) is 0 Å². The van der Waals surface area contributed by atoms with E-state index < -0.39 is 0 Å². The largest absolute Gasteiger partial charge is 0.0561 e. The maximum Gasteiger partial charge on any atom is 0.0340 e. The van der Waals surface area contributed by atoms with Gasteiger partial charge in [-0.1, -0.05) is 358 Å². The predicted molar refractivity (Wildman–Crippen MR) is 385 cm³/mol. The normalized spacial score (nSPS) is 14.0. The minimum Gasteiger partial charge on any atom is -0.0561 e. The van der Waals surface area contributed by atoms with E-state index in [0.29, 0.717) is 0 Å². The fraction of sp³-hybridized carbons (Fsp3) is 0.581. The highest BCUT2D eigenvalue weighted by molar-refractivity contribution is 5.56. The van der Waals surface area contributed by atoms with E-state index in [1.165, 1.54) is 100 Å². The molecule has 0 fully saturated rings. The van der Waals surface area contributed by atoms with Crippen LogP contribution in [0.15, 0.2) is 109 Å². The molecular formula is C86H128. The van der Waals surface area contributed by atoms with E-state index in [-0.39, 0.29) is 76.8 Å². The highest BCUT2D eigenvalue weighted by Gasteiger charge is 2.33. The zero-order valence-corrected chi connectivity index (χ0v) is 62.5. The molecular weight excluding hydrogens is 1030 g/mol. The van der Waals surface area contributed by atoms with Gasteiger partial charge in [0.25, 0.3) is 0 Å². The molecule has 86 heavy (non-hydrogen) atoms. The molecule has 6 rings (SSSR count). The summed E-state index contributed by atoms with van der Waals surface area (Å²) in [4.78, 5) is 0. The second-order valence-electron chi connectivity index (χ2n) is 38.9. The van der Waals surface area contributed by atoms with Gasteiger partial charge in [0.15, 0.2) is 0 Å². The molecule has 472 valence electrons. The predicted octanol–water partition coefficient (Wildman–Crippen LogP) is 25.3. The van der Waals surface area contributed by atoms with Gasteiger partial charge in [-0.2, -0.15) is 0 Å². The average Bonchev–Trinajstić information content (AvgIpc) is 0.796. The van der Waals surface area contributed by atoms with Crippen LogP contribution < -0.4 is 0 Å². The summed E-state index contributed by atoms with van der Waals surface area (Å²) in [5.41, 5.74) is 25.9. The van der Waals surface area contributed by atoms with Gasteiger partial charge in [-0.15, -0.1) is 0 Å². The van der Waals surface area contributed by atoms with Crippen molar-refractivity contribution in [1.29, 1.82) is 0 Å². The molecule has 0 aliphatic carbocycles. The van der Waals surface area contributed by atoms with E-state index in [1.807, 2.05) is 0 Å². The van der Waals surface area contributed by atoms with Crippen molar-refractivity contribution in [2.45, 2.75) is 326 Å². The first kappa shape index (κ1) is 72.1. The highest BCUT2D eigenvalue weighted by atomic mass is 14.4. The summed E-state index contributed by atoms with van der Waals surface area (Å²) in [6.07, 6.45) is 0. The molecule has 0 heterocycles. The molecule has 0 nitrogen and oxygen atoms in total. The van der Waals surface area contributed by atoms with Gasteiger partial charge in [0.05, 0.1) is 0 Å². The Balaban J connectivity index is 0.000000314. The number of hydrogen-bond acceptors (Lipinski definition) is 0. The average molecular weight is 1160 g/mol. The van der Waals surface area contributed by atoms with Crippen LogP contribution in [0.5, 0.6) is 0 Å². The van der Waals surface area contributed by atoms with Gasteiger partial charge in [0.2, 0.25) is 0 Å². The van der Waals surface area contributed by atoms with Crippen LogP contribution in [-0.2, 0) is 65.0 Å². The minimum atomic E-state index is 0.0498. The van der Waals surface area contributed by atoms with Gasteiger partial charge < -0.3 is 0 Å². The van der Waals surface area contributed by atoms with Crippen molar-refractivity contribution in [2.24, 2.45) is 0 Å². The van der Waals surface area contributed by atoms with Crippen molar-refractivity contribution in [3.63, 3.8) is 0 Å². The van der Waals surface area contributed by atoms with Gasteiger partial charge in [-0.25, -0.2) is 0 Å². The smallest absolute Gasteiger partial charge is 0.0340 e. The summed E-state index contributed by atoms with van der Waals surface area (Å²) in [6, 6.07) is 44.9. The lowest BCUT2D eigenvalue weighted by atomic mass is 9.72. The Morgan fingerprint density at radius 3 is 0.256 bits per heavy atom. The zero-order chi connectivity index (χ0) is 66.3. The molecule has 0 aromatic heterocycles. The molecule has 0 atom stereocenters. The summed E-state index contributed by atoms with van der Waals surface area (Å²) >= 11 is 0. The Bertz CT molecular complexity index is 2540. The Morgan fingerprint density at radius 2 is 0.198 bits per heavy atom. The van der Waals surface area contributed by atoms with E-state index in [0.717, 1.165) is 0 Å². The third-order valence-electron chi connectivity index (χ3n) is 18.1. The summed E-state index contributed by atoms with van der Waals surface area (Å²) in [5.74, 6) is 0.241. The van der Waals surface area contributed by atoms with Crippen molar-refractivity contribution < 1.29 is 0 Å². The van der Waals surface area contributed by atoms with E-state index >= 15 is 0 Å². The van der Waals surface area contributed by atoms with Crippen LogP contribution in [-0.4, -0.2) is 0 Å². The van der Waals surface area contributed by atoms with Crippen molar-refractivity contribution in [2.75, 3.05) is 0 Å². The molecule has 6 aromatic rings. The molecule has 0 N–H and O–H groups in total. The van der Waals surface area contributed by atoms with Crippen LogP contribution in [0.25, 0.3) is 0 Å². The molecule has 0 saturated carbocycles. The Kier molecular flexibility index (Phi) is 20.1. The fourth-order valence-corrected chi connectivity index (χ4v) is 11.3.